The maximum atomic E-state index is 13.9. The van der Waals surface area contributed by atoms with Crippen molar-refractivity contribution in [3.63, 3.8) is 0 Å². The standard InChI is InChI=1S/C23H17Cl2FN2O4S/c1-33(31,32)27-23(30)22-21(16-4-2-3-5-20(16)29)17-11-14(24)6-9-19(17)28(22)12-13-10-15(26)7-8-18(13)25/h2-4,6-11H,5,12H2,1H3,(H,27,30). The minimum Gasteiger partial charge on any atom is -0.331 e. The molecular weight excluding hydrogens is 490 g/mol. The molecule has 33 heavy (non-hydrogen) atoms. The Morgan fingerprint density at radius 2 is 1.94 bits per heavy atom. The fraction of sp³-hybridized carbons (Fsp3) is 0.130. The van der Waals surface area contributed by atoms with Crippen LogP contribution in [0, 0.1) is 5.82 Å². The number of allylic oxidation sites excluding steroid dienone is 4. The molecule has 4 rings (SSSR count). The summed E-state index contributed by atoms with van der Waals surface area (Å²) in [6.45, 7) is -0.0570. The number of halogens is 3. The van der Waals surface area contributed by atoms with E-state index in [9.17, 15) is 22.4 Å². The normalized spacial score (nSPS) is 13.9. The van der Waals surface area contributed by atoms with Gasteiger partial charge in [-0.3, -0.25) is 9.59 Å². The second-order valence-electron chi connectivity index (χ2n) is 7.55. The molecule has 3 aromatic rings. The average molecular weight is 507 g/mol. The predicted octanol–water partition coefficient (Wildman–Crippen LogP) is 4.74. The molecule has 170 valence electrons. The number of nitrogens with one attached hydrogen (secondary N) is 1. The molecule has 0 saturated carbocycles. The van der Waals surface area contributed by atoms with Crippen LogP contribution in [0.25, 0.3) is 16.5 Å². The first-order chi connectivity index (χ1) is 15.5. The smallest absolute Gasteiger partial charge is 0.282 e. The number of fused-ring (bicyclic) bond motifs is 1. The summed E-state index contributed by atoms with van der Waals surface area (Å²) in [7, 11) is -3.93. The summed E-state index contributed by atoms with van der Waals surface area (Å²) in [5.41, 5.74) is 1.28. The molecule has 0 spiro atoms. The first kappa shape index (κ1) is 23.2. The quantitative estimate of drug-likeness (QED) is 0.541. The number of sulfonamides is 1. The van der Waals surface area contributed by atoms with E-state index in [-0.39, 0.29) is 40.6 Å². The van der Waals surface area contributed by atoms with Crippen LogP contribution in [0.4, 0.5) is 4.39 Å². The van der Waals surface area contributed by atoms with Crippen molar-refractivity contribution >= 4 is 61.4 Å². The third-order valence-corrected chi connectivity index (χ3v) is 6.29. The zero-order valence-corrected chi connectivity index (χ0v) is 19.6. The maximum Gasteiger partial charge on any atom is 0.282 e. The van der Waals surface area contributed by atoms with Crippen LogP contribution in [-0.4, -0.2) is 30.9 Å². The largest absolute Gasteiger partial charge is 0.331 e. The number of carbonyl (C=O) groups is 2. The van der Waals surface area contributed by atoms with Gasteiger partial charge >= 0.3 is 0 Å². The summed E-state index contributed by atoms with van der Waals surface area (Å²) in [5.74, 6) is -1.70. The first-order valence-electron chi connectivity index (χ1n) is 9.73. The van der Waals surface area contributed by atoms with E-state index in [0.717, 1.165) is 6.26 Å². The van der Waals surface area contributed by atoms with Crippen LogP contribution in [0.1, 0.15) is 28.0 Å². The molecule has 1 heterocycles. The molecule has 10 heteroatoms. The minimum atomic E-state index is -3.93. The van der Waals surface area contributed by atoms with E-state index in [1.54, 1.807) is 36.4 Å². The van der Waals surface area contributed by atoms with Crippen LogP contribution >= 0.6 is 23.2 Å². The van der Waals surface area contributed by atoms with Gasteiger partial charge in [0.1, 0.15) is 11.5 Å². The topological polar surface area (TPSA) is 85.2 Å². The Balaban J connectivity index is 2.07. The molecule has 1 aliphatic carbocycles. The lowest BCUT2D eigenvalue weighted by atomic mass is 9.93. The molecule has 0 fully saturated rings. The third kappa shape index (κ3) is 4.73. The zero-order chi connectivity index (χ0) is 23.9. The number of nitrogens with zero attached hydrogens (tertiary/aromatic N) is 1. The lowest BCUT2D eigenvalue weighted by Gasteiger charge is -2.14. The van der Waals surface area contributed by atoms with Gasteiger partial charge in [-0.05, 0) is 42.0 Å². The monoisotopic (exact) mass is 506 g/mol. The molecule has 1 amide bonds. The lowest BCUT2D eigenvalue weighted by Crippen LogP contribution is -2.32. The fourth-order valence-corrected chi connectivity index (χ4v) is 4.60. The molecule has 0 bridgehead atoms. The van der Waals surface area contributed by atoms with E-state index in [0.29, 0.717) is 21.5 Å². The van der Waals surface area contributed by atoms with Crippen molar-refractivity contribution in [3.8, 4) is 0 Å². The molecule has 0 atom stereocenters. The Bertz CT molecular complexity index is 1490. The molecule has 0 radical (unpaired) electrons. The first-order valence-corrected chi connectivity index (χ1v) is 12.4. The van der Waals surface area contributed by atoms with E-state index in [2.05, 4.69) is 0 Å². The molecule has 1 N–H and O–H groups in total. The van der Waals surface area contributed by atoms with Gasteiger partial charge in [-0.15, -0.1) is 0 Å². The molecule has 2 aromatic carbocycles. The highest BCUT2D eigenvalue weighted by atomic mass is 35.5. The van der Waals surface area contributed by atoms with Crippen molar-refractivity contribution in [2.24, 2.45) is 0 Å². The van der Waals surface area contributed by atoms with Crippen molar-refractivity contribution in [3.05, 3.63) is 87.3 Å². The van der Waals surface area contributed by atoms with Gasteiger partial charge in [0.05, 0.1) is 6.26 Å². The van der Waals surface area contributed by atoms with E-state index in [4.69, 9.17) is 23.2 Å². The predicted molar refractivity (Wildman–Crippen MR) is 127 cm³/mol. The van der Waals surface area contributed by atoms with Gasteiger partial charge in [0.15, 0.2) is 5.78 Å². The minimum absolute atomic E-state index is 0.0570. The molecule has 1 aliphatic rings. The Kier molecular flexibility index (Phi) is 6.18. The summed E-state index contributed by atoms with van der Waals surface area (Å²) < 4.78 is 41.2. The molecule has 0 unspecified atom stereocenters. The van der Waals surface area contributed by atoms with Gasteiger partial charge in [-0.2, -0.15) is 0 Å². The van der Waals surface area contributed by atoms with Gasteiger partial charge in [-0.1, -0.05) is 41.4 Å². The molecular formula is C23H17Cl2FN2O4S. The van der Waals surface area contributed by atoms with Crippen LogP contribution < -0.4 is 4.72 Å². The maximum absolute atomic E-state index is 13.9. The third-order valence-electron chi connectivity index (χ3n) is 5.13. The SMILES string of the molecule is CS(=O)(=O)NC(=O)c1c(C2=CC=CCC2=O)c2cc(Cl)ccc2n1Cc1cc(F)ccc1Cl. The Morgan fingerprint density at radius 3 is 2.64 bits per heavy atom. The fourth-order valence-electron chi connectivity index (χ4n) is 3.82. The van der Waals surface area contributed by atoms with Gasteiger partial charge in [0.2, 0.25) is 10.0 Å². The lowest BCUT2D eigenvalue weighted by molar-refractivity contribution is -0.113. The van der Waals surface area contributed by atoms with E-state index in [1.165, 1.54) is 22.8 Å². The second-order valence-corrected chi connectivity index (χ2v) is 10.1. The Hall–Kier alpha value is -2.94. The van der Waals surface area contributed by atoms with Crippen molar-refractivity contribution in [1.29, 1.82) is 0 Å². The number of rotatable bonds is 5. The highest BCUT2D eigenvalue weighted by Gasteiger charge is 2.29. The summed E-state index contributed by atoms with van der Waals surface area (Å²) in [5, 5.41) is 1.10. The van der Waals surface area contributed by atoms with Crippen molar-refractivity contribution in [1.82, 2.24) is 9.29 Å². The molecule has 1 aromatic heterocycles. The van der Waals surface area contributed by atoms with E-state index < -0.39 is 21.7 Å². The number of hydrogen-bond acceptors (Lipinski definition) is 4. The Morgan fingerprint density at radius 1 is 1.18 bits per heavy atom. The van der Waals surface area contributed by atoms with E-state index in [1.807, 2.05) is 4.72 Å². The average Bonchev–Trinajstić information content (AvgIpc) is 3.03. The number of ketones is 1. The number of amides is 1. The van der Waals surface area contributed by atoms with Crippen molar-refractivity contribution in [2.75, 3.05) is 6.26 Å². The second kappa shape index (κ2) is 8.78. The summed E-state index contributed by atoms with van der Waals surface area (Å²) >= 11 is 12.5. The van der Waals surface area contributed by atoms with Gasteiger partial charge in [-0.25, -0.2) is 17.5 Å². The summed E-state index contributed by atoms with van der Waals surface area (Å²) in [6, 6.07) is 8.68. The Labute approximate surface area is 199 Å². The number of hydrogen-bond donors (Lipinski definition) is 1. The van der Waals surface area contributed by atoms with Gasteiger partial charge in [0, 0.05) is 45.1 Å². The highest BCUT2D eigenvalue weighted by Crippen LogP contribution is 2.36. The van der Waals surface area contributed by atoms with Gasteiger partial charge < -0.3 is 4.57 Å². The van der Waals surface area contributed by atoms with Crippen LogP contribution in [0.15, 0.2) is 54.6 Å². The number of Topliss-reactive ketones (excluding diaryl/α,β-unsaturated/α-hetero) is 1. The zero-order valence-electron chi connectivity index (χ0n) is 17.2. The number of carbonyl (C=O) groups excluding carboxylic acids is 2. The van der Waals surface area contributed by atoms with E-state index >= 15 is 0 Å². The number of aromatic nitrogens is 1. The van der Waals surface area contributed by atoms with Crippen molar-refractivity contribution < 1.29 is 22.4 Å². The summed E-state index contributed by atoms with van der Waals surface area (Å²) in [4.78, 5) is 26.0. The van der Waals surface area contributed by atoms with Crippen LogP contribution in [0.2, 0.25) is 10.0 Å². The summed E-state index contributed by atoms with van der Waals surface area (Å²) in [6.07, 6.45) is 5.92. The molecule has 0 saturated heterocycles. The highest BCUT2D eigenvalue weighted by molar-refractivity contribution is 7.89. The van der Waals surface area contributed by atoms with Gasteiger partial charge in [0.25, 0.3) is 5.91 Å². The number of benzene rings is 2. The molecule has 0 aliphatic heterocycles. The van der Waals surface area contributed by atoms with Crippen molar-refractivity contribution in [2.45, 2.75) is 13.0 Å². The van der Waals surface area contributed by atoms with Crippen LogP contribution in [0.5, 0.6) is 0 Å². The van der Waals surface area contributed by atoms with Crippen LogP contribution in [0.3, 0.4) is 0 Å². The molecule has 6 nitrogen and oxygen atoms in total. The van der Waals surface area contributed by atoms with Crippen LogP contribution in [-0.2, 0) is 21.4 Å².